The quantitative estimate of drug-likeness (QED) is 0.880. The maximum absolute atomic E-state index is 9.83. The highest BCUT2D eigenvalue weighted by molar-refractivity contribution is 6.31. The molecule has 1 unspecified atom stereocenters. The third-order valence-corrected chi connectivity index (χ3v) is 3.76. The van der Waals surface area contributed by atoms with Crippen molar-refractivity contribution in [1.29, 1.82) is 0 Å². The van der Waals surface area contributed by atoms with Gasteiger partial charge in [-0.15, -0.1) is 0 Å². The number of rotatable bonds is 5. The monoisotopic (exact) mass is 279 g/mol. The molecule has 1 heterocycles. The van der Waals surface area contributed by atoms with E-state index in [1.807, 2.05) is 44.3 Å². The van der Waals surface area contributed by atoms with Crippen molar-refractivity contribution in [3.63, 3.8) is 0 Å². The molecule has 0 saturated carbocycles. The lowest BCUT2D eigenvalue weighted by Gasteiger charge is -2.32. The fourth-order valence-electron chi connectivity index (χ4n) is 2.14. The molecule has 2 rings (SSSR count). The number of aromatic nitrogens is 2. The molecule has 0 amide bonds. The molecule has 19 heavy (non-hydrogen) atoms. The van der Waals surface area contributed by atoms with Gasteiger partial charge in [0.15, 0.2) is 0 Å². The largest absolute Gasteiger partial charge is 0.394 e. The minimum absolute atomic E-state index is 0.0238. The van der Waals surface area contributed by atoms with E-state index in [0.29, 0.717) is 11.6 Å². The SMILES string of the molecule is CNC(CO)(Cn1cc(Cl)c(C)n1)c1ccccc1. The van der Waals surface area contributed by atoms with Gasteiger partial charge in [0.25, 0.3) is 0 Å². The Morgan fingerprint density at radius 3 is 2.53 bits per heavy atom. The molecule has 1 atom stereocenters. The molecule has 102 valence electrons. The van der Waals surface area contributed by atoms with E-state index in [1.54, 1.807) is 10.9 Å². The molecular weight excluding hydrogens is 262 g/mol. The summed E-state index contributed by atoms with van der Waals surface area (Å²) in [7, 11) is 1.83. The minimum atomic E-state index is -0.566. The van der Waals surface area contributed by atoms with Gasteiger partial charge in [0.2, 0.25) is 0 Å². The Labute approximate surface area is 118 Å². The van der Waals surface area contributed by atoms with Crippen LogP contribution in [0.15, 0.2) is 36.5 Å². The van der Waals surface area contributed by atoms with Crippen LogP contribution in [-0.4, -0.2) is 28.5 Å². The predicted molar refractivity (Wildman–Crippen MR) is 76.2 cm³/mol. The first kappa shape index (κ1) is 14.1. The summed E-state index contributed by atoms with van der Waals surface area (Å²) in [5.41, 5.74) is 1.24. The number of likely N-dealkylation sites (N-methyl/N-ethyl adjacent to an activating group) is 1. The lowest BCUT2D eigenvalue weighted by atomic mass is 9.91. The van der Waals surface area contributed by atoms with Crippen LogP contribution in [0, 0.1) is 6.92 Å². The number of aliphatic hydroxyl groups excluding tert-OH is 1. The Balaban J connectivity index is 2.35. The number of benzene rings is 1. The predicted octanol–water partition coefficient (Wildman–Crippen LogP) is 1.95. The molecule has 0 radical (unpaired) electrons. The van der Waals surface area contributed by atoms with E-state index in [0.717, 1.165) is 11.3 Å². The summed E-state index contributed by atoms with van der Waals surface area (Å²) in [6, 6.07) is 9.85. The average Bonchev–Trinajstić information content (AvgIpc) is 2.76. The molecule has 2 N–H and O–H groups in total. The average molecular weight is 280 g/mol. The molecule has 1 aromatic heterocycles. The van der Waals surface area contributed by atoms with Crippen LogP contribution in [-0.2, 0) is 12.1 Å². The smallest absolute Gasteiger partial charge is 0.0865 e. The molecule has 2 aromatic rings. The number of halogens is 1. The summed E-state index contributed by atoms with van der Waals surface area (Å²) >= 11 is 6.02. The second kappa shape index (κ2) is 5.74. The summed E-state index contributed by atoms with van der Waals surface area (Å²) in [5, 5.41) is 18.0. The number of hydrogen-bond donors (Lipinski definition) is 2. The van der Waals surface area contributed by atoms with Crippen LogP contribution < -0.4 is 5.32 Å². The molecule has 0 aliphatic rings. The first-order valence-corrected chi connectivity index (χ1v) is 6.54. The number of aliphatic hydroxyl groups is 1. The van der Waals surface area contributed by atoms with Crippen LogP contribution in [0.2, 0.25) is 5.02 Å². The Hall–Kier alpha value is -1.36. The van der Waals surface area contributed by atoms with Crippen molar-refractivity contribution >= 4 is 11.6 Å². The van der Waals surface area contributed by atoms with Crippen LogP contribution in [0.3, 0.4) is 0 Å². The second-order valence-electron chi connectivity index (χ2n) is 4.62. The van der Waals surface area contributed by atoms with Gasteiger partial charge < -0.3 is 10.4 Å². The maximum Gasteiger partial charge on any atom is 0.0865 e. The van der Waals surface area contributed by atoms with Crippen molar-refractivity contribution in [3.05, 3.63) is 52.8 Å². The standard InChI is InChI=1S/C14H18ClN3O/c1-11-13(15)8-18(17-11)9-14(10-19,16-2)12-6-4-3-5-7-12/h3-8,16,19H,9-10H2,1-2H3. The highest BCUT2D eigenvalue weighted by atomic mass is 35.5. The molecule has 0 spiro atoms. The van der Waals surface area contributed by atoms with Crippen LogP contribution >= 0.6 is 11.6 Å². The van der Waals surface area contributed by atoms with Crippen molar-refractivity contribution in [3.8, 4) is 0 Å². The fourth-order valence-corrected chi connectivity index (χ4v) is 2.29. The topological polar surface area (TPSA) is 50.1 Å². The zero-order valence-corrected chi connectivity index (χ0v) is 11.9. The number of nitrogens with one attached hydrogen (secondary N) is 1. The van der Waals surface area contributed by atoms with Crippen LogP contribution in [0.1, 0.15) is 11.3 Å². The van der Waals surface area contributed by atoms with Gasteiger partial charge in [-0.2, -0.15) is 5.10 Å². The van der Waals surface area contributed by atoms with E-state index in [4.69, 9.17) is 11.6 Å². The van der Waals surface area contributed by atoms with E-state index in [-0.39, 0.29) is 6.61 Å². The first-order chi connectivity index (χ1) is 9.11. The Morgan fingerprint density at radius 1 is 1.37 bits per heavy atom. The van der Waals surface area contributed by atoms with Crippen molar-refractivity contribution in [2.24, 2.45) is 0 Å². The molecule has 0 saturated heterocycles. The van der Waals surface area contributed by atoms with E-state index in [9.17, 15) is 5.11 Å². The van der Waals surface area contributed by atoms with Crippen LogP contribution in [0.25, 0.3) is 0 Å². The van der Waals surface area contributed by atoms with Gasteiger partial charge in [0.05, 0.1) is 29.4 Å². The normalized spacial score (nSPS) is 14.3. The van der Waals surface area contributed by atoms with Gasteiger partial charge in [0, 0.05) is 6.20 Å². The van der Waals surface area contributed by atoms with E-state index in [2.05, 4.69) is 10.4 Å². The van der Waals surface area contributed by atoms with Crippen molar-refractivity contribution < 1.29 is 5.11 Å². The Morgan fingerprint density at radius 2 is 2.05 bits per heavy atom. The molecule has 0 bridgehead atoms. The van der Waals surface area contributed by atoms with Gasteiger partial charge in [-0.05, 0) is 19.5 Å². The highest BCUT2D eigenvalue weighted by Crippen LogP contribution is 2.23. The fraction of sp³-hybridized carbons (Fsp3) is 0.357. The Kier molecular flexibility index (Phi) is 4.24. The summed E-state index contributed by atoms with van der Waals surface area (Å²) < 4.78 is 1.76. The third-order valence-electron chi connectivity index (χ3n) is 3.39. The second-order valence-corrected chi connectivity index (χ2v) is 5.02. The van der Waals surface area contributed by atoms with Gasteiger partial charge in [-0.3, -0.25) is 4.68 Å². The van der Waals surface area contributed by atoms with Gasteiger partial charge in [-0.25, -0.2) is 0 Å². The summed E-state index contributed by atoms with van der Waals surface area (Å²) in [4.78, 5) is 0. The maximum atomic E-state index is 9.83. The molecule has 5 heteroatoms. The number of aryl methyl sites for hydroxylation is 1. The summed E-state index contributed by atoms with van der Waals surface area (Å²) in [5.74, 6) is 0. The van der Waals surface area contributed by atoms with Crippen molar-refractivity contribution in [1.82, 2.24) is 15.1 Å². The van der Waals surface area contributed by atoms with E-state index >= 15 is 0 Å². The van der Waals surface area contributed by atoms with Gasteiger partial charge in [0.1, 0.15) is 0 Å². The van der Waals surface area contributed by atoms with Gasteiger partial charge >= 0.3 is 0 Å². The Bertz CT molecular complexity index is 515. The number of nitrogens with zero attached hydrogens (tertiary/aromatic N) is 2. The molecule has 0 aliphatic heterocycles. The highest BCUT2D eigenvalue weighted by Gasteiger charge is 2.30. The van der Waals surface area contributed by atoms with Gasteiger partial charge in [-0.1, -0.05) is 41.9 Å². The molecule has 4 nitrogen and oxygen atoms in total. The lowest BCUT2D eigenvalue weighted by Crippen LogP contribution is -2.47. The van der Waals surface area contributed by atoms with Crippen molar-refractivity contribution in [2.75, 3.05) is 13.7 Å². The summed E-state index contributed by atoms with van der Waals surface area (Å²) in [6.45, 7) is 2.35. The first-order valence-electron chi connectivity index (χ1n) is 6.16. The molecule has 0 aliphatic carbocycles. The van der Waals surface area contributed by atoms with Crippen LogP contribution in [0.4, 0.5) is 0 Å². The van der Waals surface area contributed by atoms with E-state index in [1.165, 1.54) is 0 Å². The molecule has 1 aromatic carbocycles. The molecular formula is C14H18ClN3O. The van der Waals surface area contributed by atoms with E-state index < -0.39 is 5.54 Å². The molecule has 0 fully saturated rings. The zero-order chi connectivity index (χ0) is 13.9. The minimum Gasteiger partial charge on any atom is -0.394 e. The summed E-state index contributed by atoms with van der Waals surface area (Å²) in [6.07, 6.45) is 1.78. The van der Waals surface area contributed by atoms with Crippen LogP contribution in [0.5, 0.6) is 0 Å². The van der Waals surface area contributed by atoms with Crippen molar-refractivity contribution in [2.45, 2.75) is 19.0 Å². The lowest BCUT2D eigenvalue weighted by molar-refractivity contribution is 0.146. The third kappa shape index (κ3) is 2.81. The number of hydrogen-bond acceptors (Lipinski definition) is 3. The zero-order valence-electron chi connectivity index (χ0n) is 11.1.